The Kier molecular flexibility index (Phi) is 4.06. The van der Waals surface area contributed by atoms with Crippen molar-refractivity contribution in [1.29, 1.82) is 5.26 Å². The van der Waals surface area contributed by atoms with Crippen molar-refractivity contribution in [3.8, 4) is 6.07 Å². The fraction of sp³-hybridized carbons (Fsp3) is 0.0667. The van der Waals surface area contributed by atoms with Crippen LogP contribution in [0.2, 0.25) is 0 Å². The van der Waals surface area contributed by atoms with Crippen molar-refractivity contribution in [2.45, 2.75) is 0 Å². The van der Waals surface area contributed by atoms with E-state index in [2.05, 4.69) is 22.0 Å². The largest absolute Gasteiger partial charge is 0.398 e. The number of nitrogens with zero attached hydrogens (tertiary/aromatic N) is 2. The maximum absolute atomic E-state index is 12.4. The lowest BCUT2D eigenvalue weighted by Gasteiger charge is -2.18. The summed E-state index contributed by atoms with van der Waals surface area (Å²) in [6.45, 7) is 0. The highest BCUT2D eigenvalue weighted by Gasteiger charge is 2.14. The third kappa shape index (κ3) is 2.81. The van der Waals surface area contributed by atoms with E-state index in [-0.39, 0.29) is 5.91 Å². The number of halogens is 1. The van der Waals surface area contributed by atoms with Gasteiger partial charge in [0.1, 0.15) is 0 Å². The normalized spacial score (nSPS) is 9.85. The second-order valence-electron chi connectivity index (χ2n) is 4.26. The molecule has 100 valence electrons. The number of amides is 1. The van der Waals surface area contributed by atoms with Crippen LogP contribution in [0.4, 0.5) is 11.4 Å². The van der Waals surface area contributed by atoms with Crippen molar-refractivity contribution in [2.75, 3.05) is 17.7 Å². The molecule has 2 aromatic rings. The minimum absolute atomic E-state index is 0.181. The van der Waals surface area contributed by atoms with Crippen molar-refractivity contribution in [3.63, 3.8) is 0 Å². The summed E-state index contributed by atoms with van der Waals surface area (Å²) in [6, 6.07) is 14.0. The predicted octanol–water partition coefficient (Wildman–Crippen LogP) is 3.18. The summed E-state index contributed by atoms with van der Waals surface area (Å²) in [5.74, 6) is -0.181. The minimum Gasteiger partial charge on any atom is -0.398 e. The Morgan fingerprint density at radius 1 is 1.30 bits per heavy atom. The van der Waals surface area contributed by atoms with Gasteiger partial charge in [0.2, 0.25) is 0 Å². The zero-order valence-electron chi connectivity index (χ0n) is 10.8. The Hall–Kier alpha value is -2.32. The molecule has 0 fully saturated rings. The van der Waals surface area contributed by atoms with E-state index in [0.717, 1.165) is 4.47 Å². The molecule has 0 atom stereocenters. The summed E-state index contributed by atoms with van der Waals surface area (Å²) >= 11 is 3.29. The lowest BCUT2D eigenvalue weighted by atomic mass is 10.1. The average Bonchev–Trinajstić information content (AvgIpc) is 2.48. The van der Waals surface area contributed by atoms with Gasteiger partial charge in [-0.05, 0) is 52.3 Å². The molecular formula is C15H12BrN3O. The van der Waals surface area contributed by atoms with Crippen molar-refractivity contribution in [1.82, 2.24) is 0 Å². The third-order valence-electron chi connectivity index (χ3n) is 2.91. The first-order valence-electron chi connectivity index (χ1n) is 5.86. The highest BCUT2D eigenvalue weighted by molar-refractivity contribution is 9.10. The van der Waals surface area contributed by atoms with Crippen LogP contribution >= 0.6 is 15.9 Å². The van der Waals surface area contributed by atoms with Gasteiger partial charge in [-0.2, -0.15) is 5.26 Å². The van der Waals surface area contributed by atoms with E-state index in [1.54, 1.807) is 49.5 Å². The SMILES string of the molecule is CN(C(=O)c1ccc(Br)c(N)c1)c1cccc(C#N)c1. The number of anilines is 2. The number of rotatable bonds is 2. The maximum atomic E-state index is 12.4. The predicted molar refractivity (Wildman–Crippen MR) is 82.4 cm³/mol. The van der Waals surface area contributed by atoms with E-state index in [1.165, 1.54) is 4.90 Å². The molecule has 5 heteroatoms. The van der Waals surface area contributed by atoms with Gasteiger partial charge in [0.15, 0.2) is 0 Å². The third-order valence-corrected chi connectivity index (χ3v) is 3.63. The topological polar surface area (TPSA) is 70.1 Å². The maximum Gasteiger partial charge on any atom is 0.258 e. The fourth-order valence-corrected chi connectivity index (χ4v) is 2.02. The summed E-state index contributed by atoms with van der Waals surface area (Å²) in [5, 5.41) is 8.89. The molecule has 0 saturated heterocycles. The van der Waals surface area contributed by atoms with Gasteiger partial charge < -0.3 is 10.6 Å². The van der Waals surface area contributed by atoms with Crippen molar-refractivity contribution >= 4 is 33.2 Å². The quantitative estimate of drug-likeness (QED) is 0.860. The second kappa shape index (κ2) is 5.76. The molecule has 20 heavy (non-hydrogen) atoms. The molecule has 0 aliphatic heterocycles. The Labute approximate surface area is 125 Å². The molecule has 0 radical (unpaired) electrons. The molecule has 0 aliphatic rings. The van der Waals surface area contributed by atoms with E-state index in [0.29, 0.717) is 22.5 Å². The van der Waals surface area contributed by atoms with Crippen LogP contribution in [0.1, 0.15) is 15.9 Å². The molecule has 4 nitrogen and oxygen atoms in total. The molecule has 0 heterocycles. The van der Waals surface area contributed by atoms with E-state index >= 15 is 0 Å². The Balaban J connectivity index is 2.32. The number of nitrogen functional groups attached to an aromatic ring is 1. The van der Waals surface area contributed by atoms with Crippen LogP contribution in [0.3, 0.4) is 0 Å². The standard InChI is InChI=1S/C15H12BrN3O/c1-19(12-4-2-3-10(7-12)9-17)15(20)11-5-6-13(16)14(18)8-11/h2-8H,18H2,1H3. The Morgan fingerprint density at radius 3 is 2.70 bits per heavy atom. The molecule has 2 aromatic carbocycles. The van der Waals surface area contributed by atoms with Gasteiger partial charge in [-0.3, -0.25) is 4.79 Å². The van der Waals surface area contributed by atoms with Crippen molar-refractivity contribution in [3.05, 3.63) is 58.1 Å². The monoisotopic (exact) mass is 329 g/mol. The average molecular weight is 330 g/mol. The lowest BCUT2D eigenvalue weighted by Crippen LogP contribution is -2.26. The summed E-state index contributed by atoms with van der Waals surface area (Å²) in [4.78, 5) is 13.9. The number of carbonyl (C=O) groups excluding carboxylic acids is 1. The summed E-state index contributed by atoms with van der Waals surface area (Å²) in [7, 11) is 1.66. The van der Waals surface area contributed by atoms with E-state index < -0.39 is 0 Å². The number of hydrogen-bond acceptors (Lipinski definition) is 3. The van der Waals surface area contributed by atoms with Gasteiger partial charge in [0.05, 0.1) is 11.6 Å². The van der Waals surface area contributed by atoms with Crippen LogP contribution in [0.15, 0.2) is 46.9 Å². The first-order chi connectivity index (χ1) is 9.52. The Bertz CT molecular complexity index is 707. The van der Waals surface area contributed by atoms with Gasteiger partial charge in [-0.15, -0.1) is 0 Å². The van der Waals surface area contributed by atoms with E-state index in [4.69, 9.17) is 11.0 Å². The molecule has 1 amide bonds. The number of nitrogens with two attached hydrogens (primary N) is 1. The highest BCUT2D eigenvalue weighted by atomic mass is 79.9. The molecule has 0 unspecified atom stereocenters. The molecule has 0 aliphatic carbocycles. The molecule has 0 bridgehead atoms. The summed E-state index contributed by atoms with van der Waals surface area (Å²) in [5.41, 5.74) is 7.96. The van der Waals surface area contributed by atoms with Gasteiger partial charge in [0, 0.05) is 28.5 Å². The van der Waals surface area contributed by atoms with Crippen LogP contribution < -0.4 is 10.6 Å². The first-order valence-corrected chi connectivity index (χ1v) is 6.65. The number of hydrogen-bond donors (Lipinski definition) is 1. The van der Waals surface area contributed by atoms with Crippen LogP contribution in [0.25, 0.3) is 0 Å². The van der Waals surface area contributed by atoms with Crippen molar-refractivity contribution in [2.24, 2.45) is 0 Å². The zero-order chi connectivity index (χ0) is 14.7. The van der Waals surface area contributed by atoms with Crippen LogP contribution in [0.5, 0.6) is 0 Å². The molecule has 0 aromatic heterocycles. The molecule has 2 N–H and O–H groups in total. The smallest absolute Gasteiger partial charge is 0.258 e. The van der Waals surface area contributed by atoms with Crippen LogP contribution in [-0.2, 0) is 0 Å². The summed E-state index contributed by atoms with van der Waals surface area (Å²) in [6.07, 6.45) is 0. The van der Waals surface area contributed by atoms with Crippen LogP contribution in [-0.4, -0.2) is 13.0 Å². The van der Waals surface area contributed by atoms with Gasteiger partial charge in [-0.25, -0.2) is 0 Å². The first kappa shape index (κ1) is 14.1. The fourth-order valence-electron chi connectivity index (χ4n) is 1.77. The second-order valence-corrected chi connectivity index (χ2v) is 5.12. The number of carbonyl (C=O) groups is 1. The van der Waals surface area contributed by atoms with Gasteiger partial charge >= 0.3 is 0 Å². The number of benzene rings is 2. The van der Waals surface area contributed by atoms with E-state index in [1.807, 2.05) is 0 Å². The van der Waals surface area contributed by atoms with Crippen molar-refractivity contribution < 1.29 is 4.79 Å². The molecule has 2 rings (SSSR count). The van der Waals surface area contributed by atoms with Crippen LogP contribution in [0, 0.1) is 11.3 Å². The minimum atomic E-state index is -0.181. The molecule has 0 spiro atoms. The molecular weight excluding hydrogens is 318 g/mol. The van der Waals surface area contributed by atoms with Gasteiger partial charge in [-0.1, -0.05) is 6.07 Å². The van der Waals surface area contributed by atoms with E-state index in [9.17, 15) is 4.79 Å². The lowest BCUT2D eigenvalue weighted by molar-refractivity contribution is 0.0993. The zero-order valence-corrected chi connectivity index (χ0v) is 12.4. The summed E-state index contributed by atoms with van der Waals surface area (Å²) < 4.78 is 0.753. The number of nitriles is 1. The highest BCUT2D eigenvalue weighted by Crippen LogP contribution is 2.22. The Morgan fingerprint density at radius 2 is 2.05 bits per heavy atom. The molecule has 0 saturated carbocycles. The van der Waals surface area contributed by atoms with Gasteiger partial charge in [0.25, 0.3) is 5.91 Å².